The number of aromatic nitrogens is 1. The molecule has 4 rings (SSSR count). The Morgan fingerprint density at radius 3 is 2.23 bits per heavy atom. The summed E-state index contributed by atoms with van der Waals surface area (Å²) in [5.74, 6) is -0.404. The highest BCUT2D eigenvalue weighted by molar-refractivity contribution is 6.05. The molecule has 0 aliphatic heterocycles. The molecule has 1 aromatic heterocycles. The van der Waals surface area contributed by atoms with E-state index < -0.39 is 5.97 Å². The lowest BCUT2D eigenvalue weighted by Crippen LogP contribution is -2.22. The zero-order chi connectivity index (χ0) is 18.1. The zero-order valence-corrected chi connectivity index (χ0v) is 14.3. The van der Waals surface area contributed by atoms with E-state index in [4.69, 9.17) is 4.74 Å². The normalized spacial score (nSPS) is 11.0. The van der Waals surface area contributed by atoms with Crippen molar-refractivity contribution in [1.82, 2.24) is 4.57 Å². The summed E-state index contributed by atoms with van der Waals surface area (Å²) >= 11 is 0. The average Bonchev–Trinajstić information content (AvgIpc) is 2.71. The third-order valence-corrected chi connectivity index (χ3v) is 4.64. The predicted octanol–water partition coefficient (Wildman–Crippen LogP) is 3.99. The zero-order valence-electron chi connectivity index (χ0n) is 14.3. The van der Waals surface area contributed by atoms with Crippen LogP contribution in [-0.2, 0) is 11.3 Å². The molecule has 0 fully saturated rings. The molecule has 128 valence electrons. The van der Waals surface area contributed by atoms with Crippen LogP contribution in [0.1, 0.15) is 15.9 Å². The van der Waals surface area contributed by atoms with Gasteiger partial charge in [-0.25, -0.2) is 4.79 Å². The summed E-state index contributed by atoms with van der Waals surface area (Å²) in [5.41, 5.74) is 2.00. The molecule has 4 nitrogen and oxygen atoms in total. The minimum atomic E-state index is -0.404. The van der Waals surface area contributed by atoms with Crippen molar-refractivity contribution in [3.8, 4) is 0 Å². The smallest absolute Gasteiger partial charge is 0.338 e. The van der Waals surface area contributed by atoms with Crippen molar-refractivity contribution in [2.75, 3.05) is 7.11 Å². The van der Waals surface area contributed by atoms with Gasteiger partial charge in [0.05, 0.1) is 24.7 Å². The van der Waals surface area contributed by atoms with Gasteiger partial charge in [-0.15, -0.1) is 0 Å². The number of esters is 1. The van der Waals surface area contributed by atoms with Crippen LogP contribution in [0.4, 0.5) is 0 Å². The van der Waals surface area contributed by atoms with E-state index >= 15 is 0 Å². The van der Waals surface area contributed by atoms with E-state index in [2.05, 4.69) is 0 Å². The predicted molar refractivity (Wildman–Crippen MR) is 103 cm³/mol. The van der Waals surface area contributed by atoms with E-state index in [9.17, 15) is 9.59 Å². The molecule has 0 saturated heterocycles. The number of ether oxygens (including phenoxy) is 1. The monoisotopic (exact) mass is 343 g/mol. The number of para-hydroxylation sites is 1. The third kappa shape index (κ3) is 2.56. The first-order chi connectivity index (χ1) is 12.7. The van der Waals surface area contributed by atoms with Crippen LogP contribution < -0.4 is 5.56 Å². The van der Waals surface area contributed by atoms with Crippen molar-refractivity contribution < 1.29 is 9.53 Å². The Bertz CT molecular complexity index is 1190. The van der Waals surface area contributed by atoms with Crippen molar-refractivity contribution in [3.63, 3.8) is 0 Å². The number of hydrogen-bond donors (Lipinski definition) is 0. The molecule has 0 aliphatic rings. The summed E-state index contributed by atoms with van der Waals surface area (Å²) in [6.45, 7) is 0.301. The molecule has 0 aliphatic carbocycles. The molecule has 0 amide bonds. The quantitative estimate of drug-likeness (QED) is 0.417. The fourth-order valence-electron chi connectivity index (χ4n) is 3.39. The molecule has 0 spiro atoms. The van der Waals surface area contributed by atoms with E-state index in [1.165, 1.54) is 7.11 Å². The molecule has 3 aromatic carbocycles. The summed E-state index contributed by atoms with van der Waals surface area (Å²) in [4.78, 5) is 25.2. The number of hydrogen-bond acceptors (Lipinski definition) is 3. The first-order valence-electron chi connectivity index (χ1n) is 8.37. The summed E-state index contributed by atoms with van der Waals surface area (Å²) in [6, 6.07) is 22.6. The van der Waals surface area contributed by atoms with Gasteiger partial charge in [0.1, 0.15) is 0 Å². The van der Waals surface area contributed by atoms with Gasteiger partial charge in [-0.3, -0.25) is 4.79 Å². The van der Waals surface area contributed by atoms with Gasteiger partial charge >= 0.3 is 5.97 Å². The Hall–Kier alpha value is -3.40. The topological polar surface area (TPSA) is 48.3 Å². The van der Waals surface area contributed by atoms with Crippen LogP contribution >= 0.6 is 0 Å². The second-order valence-electron chi connectivity index (χ2n) is 6.10. The van der Waals surface area contributed by atoms with E-state index in [-0.39, 0.29) is 5.56 Å². The number of fused-ring (bicyclic) bond motifs is 3. The van der Waals surface area contributed by atoms with Gasteiger partial charge in [0.15, 0.2) is 0 Å². The van der Waals surface area contributed by atoms with Gasteiger partial charge in [-0.1, -0.05) is 54.6 Å². The van der Waals surface area contributed by atoms with E-state index in [1.54, 1.807) is 16.7 Å². The SMILES string of the molecule is COC(=O)c1ccccc1Cn1c(=O)c2ccccc2c2ccccc21. The maximum absolute atomic E-state index is 13.1. The van der Waals surface area contributed by atoms with Gasteiger partial charge in [0, 0.05) is 10.8 Å². The Labute approximate surface area is 150 Å². The number of carbonyl (C=O) groups is 1. The minimum absolute atomic E-state index is 0.0704. The fraction of sp³-hybridized carbons (Fsp3) is 0.0909. The van der Waals surface area contributed by atoms with Crippen molar-refractivity contribution in [1.29, 1.82) is 0 Å². The molecular weight excluding hydrogens is 326 g/mol. The molecule has 1 heterocycles. The molecule has 4 aromatic rings. The Kier molecular flexibility index (Phi) is 4.01. The molecule has 0 unspecified atom stereocenters. The van der Waals surface area contributed by atoms with Gasteiger partial charge in [-0.2, -0.15) is 0 Å². The molecule has 0 atom stereocenters. The first-order valence-corrected chi connectivity index (χ1v) is 8.37. The molecule has 0 saturated carbocycles. The minimum Gasteiger partial charge on any atom is -0.465 e. The first kappa shape index (κ1) is 16.1. The van der Waals surface area contributed by atoms with Crippen LogP contribution in [0.3, 0.4) is 0 Å². The lowest BCUT2D eigenvalue weighted by atomic mass is 10.0. The van der Waals surface area contributed by atoms with Gasteiger partial charge in [0.2, 0.25) is 0 Å². The second kappa shape index (κ2) is 6.48. The highest BCUT2D eigenvalue weighted by Gasteiger charge is 2.15. The van der Waals surface area contributed by atoms with Crippen molar-refractivity contribution >= 4 is 27.6 Å². The number of rotatable bonds is 3. The average molecular weight is 343 g/mol. The molecule has 26 heavy (non-hydrogen) atoms. The highest BCUT2D eigenvalue weighted by Crippen LogP contribution is 2.23. The summed E-state index contributed by atoms with van der Waals surface area (Å²) in [7, 11) is 1.36. The Morgan fingerprint density at radius 1 is 0.846 bits per heavy atom. The summed E-state index contributed by atoms with van der Waals surface area (Å²) in [5, 5.41) is 2.62. The van der Waals surface area contributed by atoms with Crippen molar-refractivity contribution in [2.45, 2.75) is 6.54 Å². The summed E-state index contributed by atoms with van der Waals surface area (Å²) < 4.78 is 6.60. The lowest BCUT2D eigenvalue weighted by molar-refractivity contribution is 0.0599. The standard InChI is InChI=1S/C22H17NO3/c1-26-22(25)16-9-3-2-8-15(16)14-23-20-13-7-6-11-18(20)17-10-4-5-12-19(17)21(23)24/h2-13H,14H2,1H3. The molecular formula is C22H17NO3. The van der Waals surface area contributed by atoms with Gasteiger partial charge < -0.3 is 9.30 Å². The number of pyridine rings is 1. The van der Waals surface area contributed by atoms with Gasteiger partial charge in [0.25, 0.3) is 5.56 Å². The van der Waals surface area contributed by atoms with Gasteiger partial charge in [-0.05, 0) is 29.1 Å². The van der Waals surface area contributed by atoms with Crippen LogP contribution in [0.15, 0.2) is 77.6 Å². The highest BCUT2D eigenvalue weighted by atomic mass is 16.5. The number of nitrogens with zero attached hydrogens (tertiary/aromatic N) is 1. The number of methoxy groups -OCH3 is 1. The van der Waals surface area contributed by atoms with Crippen molar-refractivity contribution in [3.05, 3.63) is 94.3 Å². The van der Waals surface area contributed by atoms with Crippen LogP contribution in [0.25, 0.3) is 21.7 Å². The van der Waals surface area contributed by atoms with Crippen LogP contribution in [0, 0.1) is 0 Å². The fourth-order valence-corrected chi connectivity index (χ4v) is 3.39. The molecule has 0 N–H and O–H groups in total. The largest absolute Gasteiger partial charge is 0.465 e. The molecule has 4 heteroatoms. The van der Waals surface area contributed by atoms with Crippen LogP contribution in [-0.4, -0.2) is 17.6 Å². The maximum atomic E-state index is 13.1. The van der Waals surface area contributed by atoms with Crippen molar-refractivity contribution in [2.24, 2.45) is 0 Å². The number of carbonyl (C=O) groups excluding carboxylic acids is 1. The Morgan fingerprint density at radius 2 is 1.46 bits per heavy atom. The van der Waals surface area contributed by atoms with Crippen LogP contribution in [0.2, 0.25) is 0 Å². The third-order valence-electron chi connectivity index (χ3n) is 4.64. The molecule has 0 bridgehead atoms. The van der Waals surface area contributed by atoms with E-state index in [1.807, 2.05) is 60.7 Å². The second-order valence-corrected chi connectivity index (χ2v) is 6.10. The Balaban J connectivity index is 2.00. The summed E-state index contributed by atoms with van der Waals surface area (Å²) in [6.07, 6.45) is 0. The lowest BCUT2D eigenvalue weighted by Gasteiger charge is -2.15. The molecule has 0 radical (unpaired) electrons. The number of benzene rings is 3. The van der Waals surface area contributed by atoms with E-state index in [0.29, 0.717) is 17.5 Å². The maximum Gasteiger partial charge on any atom is 0.338 e. The van der Waals surface area contributed by atoms with Crippen LogP contribution in [0.5, 0.6) is 0 Å². The van der Waals surface area contributed by atoms with E-state index in [0.717, 1.165) is 21.9 Å².